The average molecular weight is 532 g/mol. The fraction of sp³-hybridized carbons (Fsp3) is 0.556. The second kappa shape index (κ2) is 13.2. The maximum Gasteiger partial charge on any atom is 0.251 e. The van der Waals surface area contributed by atoms with Crippen LogP contribution in [0.1, 0.15) is 61.9 Å². The molecular weight excluding hydrogens is 490 g/mol. The molecule has 2 aromatic rings. The first kappa shape index (κ1) is 28.9. The standard InChI is InChI=1S/C27H41N5O4S/c1-5-19(2)29-24-17-21(18-25(31-24)32(3)37(4,35)36)27(34)30-23(16-20-12-8-6-9-13-20)26(33)22-14-10-7-11-15-28-22/h6,8-9,12-13,17-19,22-23,26,28,33H,5,7,10-11,14-16H2,1-4H3,(H,29,31)(H,30,34). The van der Waals surface area contributed by atoms with E-state index in [2.05, 4.69) is 20.9 Å². The lowest BCUT2D eigenvalue weighted by atomic mass is 9.93. The van der Waals surface area contributed by atoms with Crippen LogP contribution < -0.4 is 20.3 Å². The van der Waals surface area contributed by atoms with Gasteiger partial charge in [-0.25, -0.2) is 13.4 Å². The SMILES string of the molecule is CCC(C)Nc1cc(C(=O)NC(Cc2ccccc2)C(O)C2CCCCCN2)cc(N(C)S(C)(=O)=O)n1. The van der Waals surface area contributed by atoms with Crippen LogP contribution in [-0.4, -0.2) is 68.5 Å². The molecular formula is C27H41N5O4S. The molecule has 1 aliphatic heterocycles. The Kier molecular flexibility index (Phi) is 10.3. The van der Waals surface area contributed by atoms with Gasteiger partial charge >= 0.3 is 0 Å². The van der Waals surface area contributed by atoms with Crippen molar-refractivity contribution < 1.29 is 18.3 Å². The van der Waals surface area contributed by atoms with E-state index >= 15 is 0 Å². The molecule has 4 atom stereocenters. The van der Waals surface area contributed by atoms with Gasteiger partial charge in [0.05, 0.1) is 18.4 Å². The summed E-state index contributed by atoms with van der Waals surface area (Å²) >= 11 is 0. The molecule has 37 heavy (non-hydrogen) atoms. The van der Waals surface area contributed by atoms with Crippen LogP contribution in [0, 0.1) is 0 Å². The predicted molar refractivity (Wildman–Crippen MR) is 149 cm³/mol. The van der Waals surface area contributed by atoms with Gasteiger partial charge in [-0.1, -0.05) is 50.1 Å². The zero-order valence-electron chi connectivity index (χ0n) is 22.3. The van der Waals surface area contributed by atoms with Crippen LogP contribution in [0.4, 0.5) is 11.6 Å². The van der Waals surface area contributed by atoms with Gasteiger partial charge in [0.15, 0.2) is 0 Å². The number of carbonyl (C=O) groups is 1. The van der Waals surface area contributed by atoms with Crippen LogP contribution in [0.25, 0.3) is 0 Å². The van der Waals surface area contributed by atoms with E-state index in [1.807, 2.05) is 44.2 Å². The number of anilines is 2. The number of pyridine rings is 1. The van der Waals surface area contributed by atoms with Crippen molar-refractivity contribution >= 4 is 27.6 Å². The van der Waals surface area contributed by atoms with Crippen molar-refractivity contribution in [2.45, 2.75) is 76.6 Å². The second-order valence-corrected chi connectivity index (χ2v) is 12.0. The Hall–Kier alpha value is -2.69. The lowest BCUT2D eigenvalue weighted by Gasteiger charge is -2.31. The number of aliphatic hydroxyl groups is 1. The van der Waals surface area contributed by atoms with Gasteiger partial charge in [-0.3, -0.25) is 9.10 Å². The third kappa shape index (κ3) is 8.41. The molecule has 1 aliphatic rings. The highest BCUT2D eigenvalue weighted by molar-refractivity contribution is 7.92. The number of hydrogen-bond donors (Lipinski definition) is 4. The summed E-state index contributed by atoms with van der Waals surface area (Å²) in [6, 6.07) is 12.3. The van der Waals surface area contributed by atoms with Gasteiger partial charge in [-0.2, -0.15) is 0 Å². The molecule has 1 amide bonds. The molecule has 0 aliphatic carbocycles. The van der Waals surface area contributed by atoms with E-state index in [4.69, 9.17) is 0 Å². The molecule has 1 aromatic carbocycles. The normalized spacial score (nSPS) is 18.8. The number of aliphatic hydroxyl groups excluding tert-OH is 1. The Balaban J connectivity index is 1.92. The van der Waals surface area contributed by atoms with Crippen LogP contribution in [0.3, 0.4) is 0 Å². The quantitative estimate of drug-likeness (QED) is 0.352. The van der Waals surface area contributed by atoms with Gasteiger partial charge in [0.25, 0.3) is 5.91 Å². The first-order chi connectivity index (χ1) is 17.6. The minimum Gasteiger partial charge on any atom is -0.389 e. The number of sulfonamides is 1. The lowest BCUT2D eigenvalue weighted by molar-refractivity contribution is 0.0698. The first-order valence-corrected chi connectivity index (χ1v) is 14.9. The van der Waals surface area contributed by atoms with Crippen LogP contribution in [0.15, 0.2) is 42.5 Å². The van der Waals surface area contributed by atoms with Crippen LogP contribution in [-0.2, 0) is 16.4 Å². The van der Waals surface area contributed by atoms with E-state index in [0.29, 0.717) is 12.2 Å². The fourth-order valence-electron chi connectivity index (χ4n) is 4.41. The summed E-state index contributed by atoms with van der Waals surface area (Å²) in [7, 11) is -2.17. The van der Waals surface area contributed by atoms with Gasteiger partial charge in [0.1, 0.15) is 11.6 Å². The predicted octanol–water partition coefficient (Wildman–Crippen LogP) is 2.92. The summed E-state index contributed by atoms with van der Waals surface area (Å²) < 4.78 is 25.5. The van der Waals surface area contributed by atoms with Crippen molar-refractivity contribution in [1.82, 2.24) is 15.6 Å². The first-order valence-electron chi connectivity index (χ1n) is 13.1. The molecule has 4 N–H and O–H groups in total. The fourth-order valence-corrected chi connectivity index (χ4v) is 4.84. The minimum absolute atomic E-state index is 0.0798. The number of benzene rings is 1. The number of nitrogens with zero attached hydrogens (tertiary/aromatic N) is 2. The lowest BCUT2D eigenvalue weighted by Crippen LogP contribution is -2.53. The third-order valence-corrected chi connectivity index (χ3v) is 8.12. The highest BCUT2D eigenvalue weighted by atomic mass is 32.2. The van der Waals surface area contributed by atoms with Gasteiger partial charge in [0.2, 0.25) is 10.0 Å². The van der Waals surface area contributed by atoms with E-state index in [9.17, 15) is 18.3 Å². The molecule has 204 valence electrons. The van der Waals surface area contributed by atoms with Crippen LogP contribution >= 0.6 is 0 Å². The molecule has 1 fully saturated rings. The zero-order chi connectivity index (χ0) is 27.0. The van der Waals surface area contributed by atoms with Gasteiger partial charge in [0, 0.05) is 24.7 Å². The maximum atomic E-state index is 13.6. The molecule has 0 bridgehead atoms. The minimum atomic E-state index is -3.58. The molecule has 1 saturated heterocycles. The number of hydrogen-bond acceptors (Lipinski definition) is 7. The molecule has 0 saturated carbocycles. The molecule has 0 radical (unpaired) electrons. The summed E-state index contributed by atoms with van der Waals surface area (Å²) in [5.41, 5.74) is 1.28. The van der Waals surface area contributed by atoms with Gasteiger partial charge in [-0.15, -0.1) is 0 Å². The van der Waals surface area contributed by atoms with E-state index in [1.54, 1.807) is 6.07 Å². The summed E-state index contributed by atoms with van der Waals surface area (Å²) in [4.78, 5) is 18.0. The molecule has 3 rings (SSSR count). The Labute approximate surface area is 221 Å². The summed E-state index contributed by atoms with van der Waals surface area (Å²) in [6.07, 6.45) is 5.64. The number of aromatic nitrogens is 1. The molecule has 0 spiro atoms. The smallest absolute Gasteiger partial charge is 0.251 e. The van der Waals surface area contributed by atoms with Crippen molar-refractivity contribution in [3.05, 3.63) is 53.6 Å². The number of nitrogens with one attached hydrogen (secondary N) is 3. The highest BCUT2D eigenvalue weighted by Gasteiger charge is 2.30. The second-order valence-electron chi connectivity index (χ2n) is 9.95. The molecule has 4 unspecified atom stereocenters. The maximum absolute atomic E-state index is 13.6. The molecule has 9 nitrogen and oxygen atoms in total. The van der Waals surface area contributed by atoms with Crippen molar-refractivity contribution in [3.8, 4) is 0 Å². The van der Waals surface area contributed by atoms with Crippen LogP contribution in [0.2, 0.25) is 0 Å². The van der Waals surface area contributed by atoms with E-state index in [-0.39, 0.29) is 23.5 Å². The Morgan fingerprint density at radius 3 is 2.62 bits per heavy atom. The van der Waals surface area contributed by atoms with Crippen molar-refractivity contribution in [2.75, 3.05) is 29.5 Å². The summed E-state index contributed by atoms with van der Waals surface area (Å²) in [5.74, 6) is 0.163. The van der Waals surface area contributed by atoms with E-state index in [1.165, 1.54) is 13.1 Å². The monoisotopic (exact) mass is 531 g/mol. The zero-order valence-corrected chi connectivity index (χ0v) is 23.1. The number of amides is 1. The third-order valence-electron chi connectivity index (χ3n) is 6.94. The largest absolute Gasteiger partial charge is 0.389 e. The van der Waals surface area contributed by atoms with Crippen molar-refractivity contribution in [1.29, 1.82) is 0 Å². The van der Waals surface area contributed by atoms with E-state index in [0.717, 1.165) is 54.8 Å². The van der Waals surface area contributed by atoms with Crippen molar-refractivity contribution in [2.24, 2.45) is 0 Å². The Morgan fingerprint density at radius 2 is 1.95 bits per heavy atom. The van der Waals surface area contributed by atoms with Gasteiger partial charge < -0.3 is 21.1 Å². The highest BCUT2D eigenvalue weighted by Crippen LogP contribution is 2.22. The Morgan fingerprint density at radius 1 is 1.22 bits per heavy atom. The molecule has 2 heterocycles. The topological polar surface area (TPSA) is 124 Å². The summed E-state index contributed by atoms with van der Waals surface area (Å²) in [6.45, 7) is 4.85. The van der Waals surface area contributed by atoms with Crippen LogP contribution in [0.5, 0.6) is 0 Å². The van der Waals surface area contributed by atoms with E-state index < -0.39 is 28.1 Å². The molecule has 10 heteroatoms. The molecule has 1 aromatic heterocycles. The van der Waals surface area contributed by atoms with Crippen molar-refractivity contribution in [3.63, 3.8) is 0 Å². The number of carbonyl (C=O) groups excluding carboxylic acids is 1. The summed E-state index contributed by atoms with van der Waals surface area (Å²) in [5, 5.41) is 21.1. The average Bonchev–Trinajstić information content (AvgIpc) is 3.17. The Bertz CT molecular complexity index is 1120. The number of rotatable bonds is 11. The van der Waals surface area contributed by atoms with Gasteiger partial charge in [-0.05, 0) is 56.8 Å².